The molecule has 5 heterocycles. The van der Waals surface area contributed by atoms with Gasteiger partial charge in [0.15, 0.2) is 0 Å². The number of imidazole rings is 1. The van der Waals surface area contributed by atoms with Crippen molar-refractivity contribution in [2.24, 2.45) is 0 Å². The number of carbonyl (C=O) groups excluding carboxylic acids is 1. The molecule has 246 valence electrons. The van der Waals surface area contributed by atoms with E-state index in [1.165, 1.54) is 11.0 Å². The molecule has 48 heavy (non-hydrogen) atoms. The summed E-state index contributed by atoms with van der Waals surface area (Å²) in [7, 11) is 4.04. The summed E-state index contributed by atoms with van der Waals surface area (Å²) in [5.74, 6) is 0.430. The second-order valence-corrected chi connectivity index (χ2v) is 15.0. The number of ether oxygens (including phenoxy) is 2. The lowest BCUT2D eigenvalue weighted by molar-refractivity contribution is -0.0494. The first-order valence-corrected chi connectivity index (χ1v) is 17.7. The molecular weight excluding hydrogens is 628 g/mol. The van der Waals surface area contributed by atoms with E-state index in [1.54, 1.807) is 38.4 Å². The number of para-hydroxylation sites is 1. The number of piperidine rings is 1. The van der Waals surface area contributed by atoms with Crippen molar-refractivity contribution in [3.05, 3.63) is 100 Å². The van der Waals surface area contributed by atoms with E-state index in [1.807, 2.05) is 24.3 Å². The van der Waals surface area contributed by atoms with Crippen LogP contribution in [0.5, 0.6) is 5.75 Å². The standard InChI is InChI=1S/C37H37FN4O5Si/c1-40(2)35(43)23-6-9-26(27(38)18-23)30-11-8-22-4-3-5-25(33(22)47-30)21-12-15-41(16-13-21)20-32-39-28-10-7-24(37(44)45)19-29(28)42(32)36-34(48-36)31-14-17-46-31/h3-11,18-19,21,30-31,34,36H,12-17,20H2,1-2H3,(H,44,45)/t30?,31?,34?,36-/m1/s1. The first-order chi connectivity index (χ1) is 23.2. The lowest BCUT2D eigenvalue weighted by Gasteiger charge is -2.34. The van der Waals surface area contributed by atoms with Crippen molar-refractivity contribution in [3.8, 4) is 5.75 Å². The summed E-state index contributed by atoms with van der Waals surface area (Å²) in [5.41, 5.74) is 5.61. The average Bonchev–Trinajstić information content (AvgIpc) is 3.73. The fourth-order valence-electron chi connectivity index (χ4n) is 7.36. The minimum atomic E-state index is -0.932. The Morgan fingerprint density at radius 3 is 2.54 bits per heavy atom. The van der Waals surface area contributed by atoms with Crippen LogP contribution in [-0.4, -0.2) is 85.7 Å². The number of carboxylic acid groups (broad SMARTS) is 1. The maximum Gasteiger partial charge on any atom is 0.335 e. The van der Waals surface area contributed by atoms with E-state index in [4.69, 9.17) is 14.5 Å². The number of nitrogens with zero attached hydrogens (tertiary/aromatic N) is 4. The molecule has 4 atom stereocenters. The van der Waals surface area contributed by atoms with Crippen molar-refractivity contribution in [3.63, 3.8) is 0 Å². The molecule has 4 aliphatic rings. The quantitative estimate of drug-likeness (QED) is 0.235. The number of fused-ring (bicyclic) bond motifs is 2. The molecule has 11 heteroatoms. The summed E-state index contributed by atoms with van der Waals surface area (Å²) >= 11 is 0. The Labute approximate surface area is 280 Å². The molecule has 3 unspecified atom stereocenters. The van der Waals surface area contributed by atoms with E-state index in [9.17, 15) is 14.7 Å². The van der Waals surface area contributed by atoms with E-state index in [0.717, 1.165) is 82.2 Å². The van der Waals surface area contributed by atoms with Crippen molar-refractivity contribution in [2.45, 2.75) is 55.1 Å². The highest BCUT2D eigenvalue weighted by molar-refractivity contribution is 6.53. The molecule has 2 radical (unpaired) electrons. The van der Waals surface area contributed by atoms with Crippen LogP contribution in [0.1, 0.15) is 80.2 Å². The summed E-state index contributed by atoms with van der Waals surface area (Å²) in [6, 6.07) is 16.0. The van der Waals surface area contributed by atoms with Gasteiger partial charge in [0, 0.05) is 43.1 Å². The summed E-state index contributed by atoms with van der Waals surface area (Å²) in [5, 5.41) is 9.67. The second-order valence-electron chi connectivity index (χ2n) is 13.4. The van der Waals surface area contributed by atoms with E-state index < -0.39 is 17.9 Å². The highest BCUT2D eigenvalue weighted by Crippen LogP contribution is 2.49. The highest BCUT2D eigenvalue weighted by Gasteiger charge is 2.49. The maximum atomic E-state index is 15.3. The van der Waals surface area contributed by atoms with Gasteiger partial charge in [-0.25, -0.2) is 14.2 Å². The van der Waals surface area contributed by atoms with Crippen LogP contribution >= 0.6 is 0 Å². The molecule has 8 rings (SSSR count). The molecule has 9 nitrogen and oxygen atoms in total. The Hall–Kier alpha value is -4.32. The van der Waals surface area contributed by atoms with Crippen LogP contribution in [0.15, 0.2) is 60.7 Å². The van der Waals surface area contributed by atoms with Gasteiger partial charge in [0.2, 0.25) is 0 Å². The predicted octanol–water partition coefficient (Wildman–Crippen LogP) is 5.90. The van der Waals surface area contributed by atoms with Gasteiger partial charge in [-0.15, -0.1) is 0 Å². The zero-order valence-electron chi connectivity index (χ0n) is 26.9. The van der Waals surface area contributed by atoms with Crippen LogP contribution < -0.4 is 4.74 Å². The van der Waals surface area contributed by atoms with Gasteiger partial charge in [-0.05, 0) is 85.8 Å². The normalized spacial score (nSPS) is 23.7. The number of benzene rings is 3. The van der Waals surface area contributed by atoms with Crippen LogP contribution in [0.3, 0.4) is 0 Å². The van der Waals surface area contributed by atoms with E-state index in [2.05, 4.69) is 21.6 Å². The average molecular weight is 665 g/mol. The number of rotatable bonds is 8. The van der Waals surface area contributed by atoms with Gasteiger partial charge in [-0.1, -0.05) is 30.3 Å². The molecule has 4 aliphatic heterocycles. The number of aromatic carboxylic acids is 1. The van der Waals surface area contributed by atoms with Gasteiger partial charge < -0.3 is 24.0 Å². The molecule has 3 fully saturated rings. The van der Waals surface area contributed by atoms with Crippen LogP contribution in [0, 0.1) is 5.82 Å². The first-order valence-electron chi connectivity index (χ1n) is 16.6. The number of amides is 1. The van der Waals surface area contributed by atoms with Crippen LogP contribution in [0.25, 0.3) is 17.1 Å². The first kappa shape index (κ1) is 31.0. The van der Waals surface area contributed by atoms with Crippen LogP contribution in [-0.2, 0) is 11.3 Å². The molecule has 3 aromatic carbocycles. The zero-order valence-corrected chi connectivity index (χ0v) is 27.9. The Bertz CT molecular complexity index is 1950. The van der Waals surface area contributed by atoms with Crippen molar-refractivity contribution >= 4 is 38.5 Å². The Morgan fingerprint density at radius 1 is 1.04 bits per heavy atom. The predicted molar refractivity (Wildman–Crippen MR) is 180 cm³/mol. The van der Waals surface area contributed by atoms with Gasteiger partial charge in [-0.3, -0.25) is 9.69 Å². The monoisotopic (exact) mass is 664 g/mol. The van der Waals surface area contributed by atoms with Crippen molar-refractivity contribution < 1.29 is 28.6 Å². The topological polar surface area (TPSA) is 97.1 Å². The number of halogens is 1. The summed E-state index contributed by atoms with van der Waals surface area (Å²) in [4.78, 5) is 33.0. The molecule has 4 aromatic rings. The lowest BCUT2D eigenvalue weighted by atomic mass is 9.87. The van der Waals surface area contributed by atoms with E-state index in [0.29, 0.717) is 35.0 Å². The number of carbonyl (C=O) groups is 2. The molecule has 1 N–H and O–H groups in total. The van der Waals surface area contributed by atoms with Gasteiger partial charge in [0.1, 0.15) is 23.5 Å². The van der Waals surface area contributed by atoms with Crippen LogP contribution in [0.2, 0.25) is 5.54 Å². The third kappa shape index (κ3) is 5.63. The third-order valence-corrected chi connectivity index (χ3v) is 11.8. The summed E-state index contributed by atoms with van der Waals surface area (Å²) < 4.78 is 29.9. The fourth-order valence-corrected chi connectivity index (χ4v) is 8.92. The van der Waals surface area contributed by atoms with Gasteiger partial charge in [0.05, 0.1) is 38.8 Å². The minimum absolute atomic E-state index is 0.246. The molecule has 3 saturated heterocycles. The van der Waals surface area contributed by atoms with E-state index >= 15 is 4.39 Å². The maximum absolute atomic E-state index is 15.3. The SMILES string of the molecule is CN(C)C(=O)c1ccc(C2C=Cc3cccc(C4CCN(Cc5nc6ccc(C(=O)O)cc6n5[C@@H]5[Si]C5C5CCO5)CC4)c3O2)c(F)c1. The number of aromatic nitrogens is 2. The molecule has 0 saturated carbocycles. The van der Waals surface area contributed by atoms with Crippen molar-refractivity contribution in [1.82, 2.24) is 19.4 Å². The Balaban J connectivity index is 0.986. The fraction of sp³-hybridized carbons (Fsp3) is 0.378. The van der Waals surface area contributed by atoms with Gasteiger partial charge in [0.25, 0.3) is 5.91 Å². The van der Waals surface area contributed by atoms with Crippen molar-refractivity contribution in [2.75, 3.05) is 33.8 Å². The number of hydrogen-bond donors (Lipinski definition) is 1. The summed E-state index contributed by atoms with van der Waals surface area (Å²) in [6.07, 6.45) is 6.55. The Kier molecular flexibility index (Phi) is 7.93. The smallest absolute Gasteiger partial charge is 0.335 e. The molecule has 0 bridgehead atoms. The molecule has 1 amide bonds. The Morgan fingerprint density at radius 2 is 1.83 bits per heavy atom. The van der Waals surface area contributed by atoms with Crippen LogP contribution in [0.4, 0.5) is 4.39 Å². The molecule has 0 aliphatic carbocycles. The van der Waals surface area contributed by atoms with Crippen molar-refractivity contribution in [1.29, 1.82) is 0 Å². The molecular formula is C37H37FN4O5Si. The highest BCUT2D eigenvalue weighted by atomic mass is 28.2. The largest absolute Gasteiger partial charge is 0.481 e. The molecule has 0 spiro atoms. The third-order valence-electron chi connectivity index (χ3n) is 10.1. The number of hydrogen-bond acceptors (Lipinski definition) is 6. The van der Waals surface area contributed by atoms with Gasteiger partial charge >= 0.3 is 5.97 Å². The zero-order chi connectivity index (χ0) is 33.1. The number of likely N-dealkylation sites (tertiary alicyclic amines) is 1. The van der Waals surface area contributed by atoms with Gasteiger partial charge in [-0.2, -0.15) is 0 Å². The lowest BCUT2D eigenvalue weighted by Crippen LogP contribution is -2.33. The molecule has 1 aromatic heterocycles. The second kappa shape index (κ2) is 12.3. The summed E-state index contributed by atoms with van der Waals surface area (Å²) in [6.45, 7) is 3.29. The minimum Gasteiger partial charge on any atom is -0.481 e. The van der Waals surface area contributed by atoms with E-state index in [-0.39, 0.29) is 17.4 Å². The number of carboxylic acids is 1.